The van der Waals surface area contributed by atoms with Gasteiger partial charge in [0.1, 0.15) is 5.75 Å². The Kier molecular flexibility index (Phi) is 3.94. The van der Waals surface area contributed by atoms with Gasteiger partial charge in [0.2, 0.25) is 5.60 Å². The number of carbonyl (C=O) groups is 2. The van der Waals surface area contributed by atoms with Crippen molar-refractivity contribution in [1.82, 2.24) is 0 Å². The van der Waals surface area contributed by atoms with E-state index in [2.05, 4.69) is 5.32 Å². The summed E-state index contributed by atoms with van der Waals surface area (Å²) in [7, 11) is 2.79. The highest BCUT2D eigenvalue weighted by Crippen LogP contribution is 2.42. The fourth-order valence-corrected chi connectivity index (χ4v) is 2.19. The molecule has 1 aromatic rings. The van der Waals surface area contributed by atoms with E-state index in [0.29, 0.717) is 24.3 Å². The van der Waals surface area contributed by atoms with Crippen molar-refractivity contribution in [3.8, 4) is 5.75 Å². The molecule has 0 spiro atoms. The molecule has 1 fully saturated rings. The molecule has 0 radical (unpaired) electrons. The molecule has 0 aliphatic heterocycles. The van der Waals surface area contributed by atoms with Crippen molar-refractivity contribution in [1.29, 1.82) is 0 Å². The average molecular weight is 279 g/mol. The fraction of sp³-hybridized carbons (Fsp3) is 0.429. The van der Waals surface area contributed by atoms with Crippen LogP contribution < -0.4 is 10.1 Å². The van der Waals surface area contributed by atoms with Gasteiger partial charge in [0.15, 0.2) is 0 Å². The van der Waals surface area contributed by atoms with Gasteiger partial charge in [-0.05, 0) is 37.1 Å². The summed E-state index contributed by atoms with van der Waals surface area (Å²) in [5.74, 6) is -1.53. The zero-order valence-electron chi connectivity index (χ0n) is 11.4. The van der Waals surface area contributed by atoms with Crippen LogP contribution in [0.3, 0.4) is 0 Å². The number of benzene rings is 1. The van der Waals surface area contributed by atoms with Gasteiger partial charge in [-0.1, -0.05) is 0 Å². The van der Waals surface area contributed by atoms with Gasteiger partial charge in [0.05, 0.1) is 7.11 Å². The second kappa shape index (κ2) is 5.50. The van der Waals surface area contributed by atoms with Crippen molar-refractivity contribution in [2.75, 3.05) is 19.5 Å². The minimum Gasteiger partial charge on any atom is -0.497 e. The molecule has 1 unspecified atom stereocenters. The first-order valence-electron chi connectivity index (χ1n) is 6.28. The zero-order chi connectivity index (χ0) is 14.8. The van der Waals surface area contributed by atoms with Gasteiger partial charge in [0, 0.05) is 18.7 Å². The highest BCUT2D eigenvalue weighted by Gasteiger charge is 2.57. The first-order chi connectivity index (χ1) is 9.54. The Morgan fingerprint density at radius 2 is 1.85 bits per heavy atom. The lowest BCUT2D eigenvalue weighted by Gasteiger charge is -2.26. The van der Waals surface area contributed by atoms with Gasteiger partial charge in [-0.25, -0.2) is 4.79 Å². The second-order valence-corrected chi connectivity index (χ2v) is 4.70. The highest BCUT2D eigenvalue weighted by atomic mass is 16.5. The Labute approximate surface area is 116 Å². The topological polar surface area (TPSA) is 84.9 Å². The standard InChI is InChI=1S/C14H17NO5/c1-19-11-7-5-10(6-8-11)15-12(16)14(20-2,13(17)18)9-3-4-9/h5-9H,3-4H2,1-2H3,(H,15,16)(H,17,18). The molecule has 20 heavy (non-hydrogen) atoms. The molecular formula is C14H17NO5. The maximum atomic E-state index is 12.3. The Hall–Kier alpha value is -2.08. The minimum atomic E-state index is -1.81. The van der Waals surface area contributed by atoms with Crippen molar-refractivity contribution < 1.29 is 24.2 Å². The molecule has 1 aliphatic rings. The maximum absolute atomic E-state index is 12.3. The molecule has 108 valence electrons. The van der Waals surface area contributed by atoms with Crippen LogP contribution in [-0.2, 0) is 14.3 Å². The molecule has 6 nitrogen and oxygen atoms in total. The third kappa shape index (κ3) is 2.46. The zero-order valence-corrected chi connectivity index (χ0v) is 11.4. The van der Waals surface area contributed by atoms with E-state index in [1.165, 1.54) is 7.11 Å². The fourth-order valence-electron chi connectivity index (χ4n) is 2.19. The van der Waals surface area contributed by atoms with Gasteiger partial charge >= 0.3 is 5.97 Å². The quantitative estimate of drug-likeness (QED) is 0.771. The number of nitrogens with one attached hydrogen (secondary N) is 1. The van der Waals surface area contributed by atoms with Crippen LogP contribution in [-0.4, -0.2) is 36.8 Å². The summed E-state index contributed by atoms with van der Waals surface area (Å²) in [5, 5.41) is 11.9. The third-order valence-electron chi connectivity index (χ3n) is 3.48. The van der Waals surface area contributed by atoms with Crippen LogP contribution in [0.2, 0.25) is 0 Å². The molecule has 1 atom stereocenters. The van der Waals surface area contributed by atoms with Crippen molar-refractivity contribution in [3.05, 3.63) is 24.3 Å². The molecule has 0 heterocycles. The van der Waals surface area contributed by atoms with Crippen LogP contribution in [0.4, 0.5) is 5.69 Å². The third-order valence-corrected chi connectivity index (χ3v) is 3.48. The van der Waals surface area contributed by atoms with Gasteiger partial charge in [-0.3, -0.25) is 4.79 Å². The predicted molar refractivity (Wildman–Crippen MR) is 71.7 cm³/mol. The van der Waals surface area contributed by atoms with Gasteiger partial charge < -0.3 is 19.9 Å². The number of amides is 1. The van der Waals surface area contributed by atoms with Crippen LogP contribution >= 0.6 is 0 Å². The van der Waals surface area contributed by atoms with Gasteiger partial charge in [-0.2, -0.15) is 0 Å². The van der Waals surface area contributed by atoms with Crippen molar-refractivity contribution >= 4 is 17.6 Å². The SMILES string of the molecule is COc1ccc(NC(=O)C(OC)(C(=O)O)C2CC2)cc1. The number of carboxylic acid groups (broad SMARTS) is 1. The number of hydrogen-bond acceptors (Lipinski definition) is 4. The average Bonchev–Trinajstić information content (AvgIpc) is 3.25. The number of carboxylic acids is 1. The van der Waals surface area contributed by atoms with E-state index in [0.717, 1.165) is 0 Å². The molecule has 0 bridgehead atoms. The van der Waals surface area contributed by atoms with E-state index in [1.54, 1.807) is 31.4 Å². The molecule has 2 N–H and O–H groups in total. The number of hydrogen-bond donors (Lipinski definition) is 2. The number of rotatable bonds is 6. The van der Waals surface area contributed by atoms with Crippen molar-refractivity contribution in [2.45, 2.75) is 18.4 Å². The molecule has 0 aromatic heterocycles. The number of ether oxygens (including phenoxy) is 2. The van der Waals surface area contributed by atoms with E-state index in [-0.39, 0.29) is 5.92 Å². The van der Waals surface area contributed by atoms with E-state index in [9.17, 15) is 14.7 Å². The molecule has 0 saturated heterocycles. The largest absolute Gasteiger partial charge is 0.497 e. The molecule has 1 aromatic carbocycles. The first-order valence-corrected chi connectivity index (χ1v) is 6.28. The normalized spacial score (nSPS) is 17.1. The molecular weight excluding hydrogens is 262 g/mol. The summed E-state index contributed by atoms with van der Waals surface area (Å²) < 4.78 is 10.1. The van der Waals surface area contributed by atoms with Crippen LogP contribution in [0.15, 0.2) is 24.3 Å². The molecule has 2 rings (SSSR count). The van der Waals surface area contributed by atoms with Crippen LogP contribution in [0.1, 0.15) is 12.8 Å². The molecule has 1 amide bonds. The van der Waals surface area contributed by atoms with E-state index >= 15 is 0 Å². The van der Waals surface area contributed by atoms with Gasteiger partial charge in [0.25, 0.3) is 5.91 Å². The highest BCUT2D eigenvalue weighted by molar-refractivity contribution is 6.12. The van der Waals surface area contributed by atoms with E-state index < -0.39 is 17.5 Å². The number of methoxy groups -OCH3 is 2. The minimum absolute atomic E-state index is 0.275. The van der Waals surface area contributed by atoms with E-state index in [4.69, 9.17) is 9.47 Å². The van der Waals surface area contributed by atoms with Crippen LogP contribution in [0, 0.1) is 5.92 Å². The predicted octanol–water partition coefficient (Wildman–Crippen LogP) is 1.51. The lowest BCUT2D eigenvalue weighted by Crippen LogP contribution is -2.53. The maximum Gasteiger partial charge on any atom is 0.346 e. The smallest absolute Gasteiger partial charge is 0.346 e. The number of carbonyl (C=O) groups excluding carboxylic acids is 1. The molecule has 6 heteroatoms. The Morgan fingerprint density at radius 3 is 2.25 bits per heavy atom. The number of anilines is 1. The first kappa shape index (κ1) is 14.3. The summed E-state index contributed by atoms with van der Waals surface area (Å²) in [4.78, 5) is 23.8. The van der Waals surface area contributed by atoms with Crippen molar-refractivity contribution in [2.24, 2.45) is 5.92 Å². The number of aliphatic carboxylic acids is 1. The summed E-state index contributed by atoms with van der Waals surface area (Å²) in [5.41, 5.74) is -1.31. The van der Waals surface area contributed by atoms with Crippen LogP contribution in [0.25, 0.3) is 0 Å². The Morgan fingerprint density at radius 1 is 1.25 bits per heavy atom. The lowest BCUT2D eigenvalue weighted by atomic mass is 9.96. The summed E-state index contributed by atoms with van der Waals surface area (Å²) in [6.07, 6.45) is 1.35. The second-order valence-electron chi connectivity index (χ2n) is 4.70. The van der Waals surface area contributed by atoms with E-state index in [1.807, 2.05) is 0 Å². The molecule has 1 saturated carbocycles. The Balaban J connectivity index is 2.17. The monoisotopic (exact) mass is 279 g/mol. The lowest BCUT2D eigenvalue weighted by molar-refractivity contribution is -0.170. The van der Waals surface area contributed by atoms with Crippen LogP contribution in [0.5, 0.6) is 5.75 Å². The molecule has 1 aliphatic carbocycles. The Bertz CT molecular complexity index is 509. The summed E-state index contributed by atoms with van der Waals surface area (Å²) in [6, 6.07) is 6.65. The summed E-state index contributed by atoms with van der Waals surface area (Å²) in [6.45, 7) is 0. The van der Waals surface area contributed by atoms with Crippen molar-refractivity contribution in [3.63, 3.8) is 0 Å². The summed E-state index contributed by atoms with van der Waals surface area (Å²) >= 11 is 0. The van der Waals surface area contributed by atoms with Gasteiger partial charge in [-0.15, -0.1) is 0 Å².